The molecule has 0 saturated heterocycles. The first-order valence-corrected chi connectivity index (χ1v) is 4.92. The largest absolute Gasteiger partial charge is 0.496 e. The van der Waals surface area contributed by atoms with Gasteiger partial charge in [-0.25, -0.2) is 4.98 Å². The number of hydrogen-bond donors (Lipinski definition) is 0. The van der Waals surface area contributed by atoms with Crippen LogP contribution in [-0.2, 0) is 6.54 Å². The van der Waals surface area contributed by atoms with Crippen LogP contribution in [0.1, 0.15) is 16.1 Å². The molecule has 0 aliphatic carbocycles. The summed E-state index contributed by atoms with van der Waals surface area (Å²) in [6.07, 6.45) is 3.97. The van der Waals surface area contributed by atoms with Gasteiger partial charge in [0.25, 0.3) is 0 Å². The molecule has 0 fully saturated rings. The molecule has 82 valence electrons. The van der Waals surface area contributed by atoms with Gasteiger partial charge in [-0.15, -0.1) is 0 Å². The second-order valence-electron chi connectivity index (χ2n) is 3.38. The molecule has 0 bridgehead atoms. The van der Waals surface area contributed by atoms with Crippen LogP contribution in [0.25, 0.3) is 0 Å². The Morgan fingerprint density at radius 3 is 3.00 bits per heavy atom. The quantitative estimate of drug-likeness (QED) is 0.731. The predicted octanol–water partition coefficient (Wildman–Crippen LogP) is 1.75. The van der Waals surface area contributed by atoms with Crippen molar-refractivity contribution in [2.24, 2.45) is 0 Å². The molecule has 0 spiro atoms. The lowest BCUT2D eigenvalue weighted by atomic mass is 10.2. The van der Waals surface area contributed by atoms with E-state index in [4.69, 9.17) is 4.74 Å². The third kappa shape index (κ3) is 1.95. The van der Waals surface area contributed by atoms with Gasteiger partial charge in [-0.1, -0.05) is 18.2 Å². The standard InChI is InChI=1S/C12H12N2O2/c1-16-12-5-3-2-4-10(12)7-14-9-13-6-11(14)8-15/h2-6,8-9H,7H2,1H3. The van der Waals surface area contributed by atoms with Crippen LogP contribution in [0.5, 0.6) is 5.75 Å². The summed E-state index contributed by atoms with van der Waals surface area (Å²) in [4.78, 5) is 14.7. The van der Waals surface area contributed by atoms with Crippen LogP contribution in [0, 0.1) is 0 Å². The predicted molar refractivity (Wildman–Crippen MR) is 59.7 cm³/mol. The summed E-state index contributed by atoms with van der Waals surface area (Å²) in [7, 11) is 1.63. The van der Waals surface area contributed by atoms with Crippen LogP contribution in [0.15, 0.2) is 36.8 Å². The van der Waals surface area contributed by atoms with Crippen LogP contribution in [0.3, 0.4) is 0 Å². The summed E-state index contributed by atoms with van der Waals surface area (Å²) >= 11 is 0. The Morgan fingerprint density at radius 1 is 1.44 bits per heavy atom. The normalized spacial score (nSPS) is 10.1. The fourth-order valence-electron chi connectivity index (χ4n) is 1.58. The molecule has 0 radical (unpaired) electrons. The van der Waals surface area contributed by atoms with Gasteiger partial charge < -0.3 is 9.30 Å². The first-order chi connectivity index (χ1) is 7.85. The van der Waals surface area contributed by atoms with E-state index in [0.29, 0.717) is 12.2 Å². The summed E-state index contributed by atoms with van der Waals surface area (Å²) in [5.41, 5.74) is 1.58. The van der Waals surface area contributed by atoms with E-state index in [9.17, 15) is 4.79 Å². The highest BCUT2D eigenvalue weighted by Gasteiger charge is 2.05. The maximum Gasteiger partial charge on any atom is 0.168 e. The molecule has 0 atom stereocenters. The maximum atomic E-state index is 10.7. The van der Waals surface area contributed by atoms with E-state index in [1.807, 2.05) is 24.3 Å². The number of para-hydroxylation sites is 1. The van der Waals surface area contributed by atoms with Crippen molar-refractivity contribution >= 4 is 6.29 Å². The van der Waals surface area contributed by atoms with Crippen LogP contribution in [0.2, 0.25) is 0 Å². The van der Waals surface area contributed by atoms with Gasteiger partial charge in [0.15, 0.2) is 6.29 Å². The Labute approximate surface area is 93.5 Å². The number of nitrogens with zero attached hydrogens (tertiary/aromatic N) is 2. The van der Waals surface area contributed by atoms with Crippen molar-refractivity contribution in [2.45, 2.75) is 6.54 Å². The van der Waals surface area contributed by atoms with Gasteiger partial charge in [-0.3, -0.25) is 4.79 Å². The second kappa shape index (κ2) is 4.61. The van der Waals surface area contributed by atoms with Crippen molar-refractivity contribution in [1.82, 2.24) is 9.55 Å². The molecule has 0 aliphatic heterocycles. The van der Waals surface area contributed by atoms with Crippen LogP contribution < -0.4 is 4.74 Å². The Bertz CT molecular complexity index is 491. The number of methoxy groups -OCH3 is 1. The van der Waals surface area contributed by atoms with Crippen molar-refractivity contribution in [3.8, 4) is 5.75 Å². The third-order valence-corrected chi connectivity index (χ3v) is 2.40. The monoisotopic (exact) mass is 216 g/mol. The van der Waals surface area contributed by atoms with Crippen molar-refractivity contribution in [1.29, 1.82) is 0 Å². The van der Waals surface area contributed by atoms with Crippen molar-refractivity contribution in [3.05, 3.63) is 48.0 Å². The highest BCUT2D eigenvalue weighted by Crippen LogP contribution is 2.18. The Balaban J connectivity index is 2.30. The lowest BCUT2D eigenvalue weighted by Crippen LogP contribution is -2.03. The number of carbonyl (C=O) groups excluding carboxylic acids is 1. The summed E-state index contributed by atoms with van der Waals surface area (Å²) in [5.74, 6) is 0.813. The average Bonchev–Trinajstić information content (AvgIpc) is 2.77. The minimum atomic E-state index is 0.561. The van der Waals surface area contributed by atoms with E-state index in [-0.39, 0.29) is 0 Å². The number of carbonyl (C=O) groups is 1. The molecule has 0 unspecified atom stereocenters. The number of benzene rings is 1. The van der Waals surface area contributed by atoms with Gasteiger partial charge in [-0.2, -0.15) is 0 Å². The molecular weight excluding hydrogens is 204 g/mol. The van der Waals surface area contributed by atoms with Crippen LogP contribution in [-0.4, -0.2) is 22.9 Å². The second-order valence-corrected chi connectivity index (χ2v) is 3.38. The number of aromatic nitrogens is 2. The Kier molecular flexibility index (Phi) is 3.00. The zero-order valence-corrected chi connectivity index (χ0v) is 8.96. The van der Waals surface area contributed by atoms with Crippen molar-refractivity contribution in [2.75, 3.05) is 7.11 Å². The Hall–Kier alpha value is -2.10. The fraction of sp³-hybridized carbons (Fsp3) is 0.167. The highest BCUT2D eigenvalue weighted by molar-refractivity contribution is 5.71. The lowest BCUT2D eigenvalue weighted by molar-refractivity contribution is 0.111. The minimum absolute atomic E-state index is 0.561. The molecule has 1 aromatic heterocycles. The minimum Gasteiger partial charge on any atom is -0.496 e. The summed E-state index contributed by atoms with van der Waals surface area (Å²) < 4.78 is 7.03. The van der Waals surface area contributed by atoms with Gasteiger partial charge in [-0.05, 0) is 6.07 Å². The molecule has 0 saturated carbocycles. The molecule has 4 nitrogen and oxygen atoms in total. The van der Waals surface area contributed by atoms with Crippen molar-refractivity contribution in [3.63, 3.8) is 0 Å². The molecule has 2 aromatic rings. The van der Waals surface area contributed by atoms with E-state index in [1.165, 1.54) is 0 Å². The highest BCUT2D eigenvalue weighted by atomic mass is 16.5. The van der Waals surface area contributed by atoms with Gasteiger partial charge in [0, 0.05) is 5.56 Å². The number of hydrogen-bond acceptors (Lipinski definition) is 3. The number of imidazole rings is 1. The average molecular weight is 216 g/mol. The number of ether oxygens (including phenoxy) is 1. The van der Waals surface area contributed by atoms with Gasteiger partial charge in [0.05, 0.1) is 26.2 Å². The molecule has 1 heterocycles. The third-order valence-electron chi connectivity index (χ3n) is 2.40. The van der Waals surface area contributed by atoms with E-state index >= 15 is 0 Å². The van der Waals surface area contributed by atoms with E-state index < -0.39 is 0 Å². The Morgan fingerprint density at radius 2 is 2.25 bits per heavy atom. The van der Waals surface area contributed by atoms with Crippen LogP contribution in [0.4, 0.5) is 0 Å². The first kappa shape index (κ1) is 10.4. The topological polar surface area (TPSA) is 44.1 Å². The summed E-state index contributed by atoms with van der Waals surface area (Å²) in [5, 5.41) is 0. The van der Waals surface area contributed by atoms with Gasteiger partial charge in [0.1, 0.15) is 11.4 Å². The van der Waals surface area contributed by atoms with E-state index in [1.54, 1.807) is 24.2 Å². The van der Waals surface area contributed by atoms with E-state index in [0.717, 1.165) is 17.6 Å². The zero-order chi connectivity index (χ0) is 11.4. The molecule has 16 heavy (non-hydrogen) atoms. The molecule has 2 rings (SSSR count). The molecule has 0 N–H and O–H groups in total. The zero-order valence-electron chi connectivity index (χ0n) is 8.96. The molecule has 0 amide bonds. The van der Waals surface area contributed by atoms with Crippen LogP contribution >= 0.6 is 0 Å². The first-order valence-electron chi connectivity index (χ1n) is 4.92. The maximum absolute atomic E-state index is 10.7. The molecule has 1 aromatic carbocycles. The SMILES string of the molecule is COc1ccccc1Cn1cncc1C=O. The van der Waals surface area contributed by atoms with Crippen molar-refractivity contribution < 1.29 is 9.53 Å². The molecular formula is C12H12N2O2. The fourth-order valence-corrected chi connectivity index (χ4v) is 1.58. The molecule has 4 heteroatoms. The van der Waals surface area contributed by atoms with Gasteiger partial charge >= 0.3 is 0 Å². The summed E-state index contributed by atoms with van der Waals surface area (Å²) in [6, 6.07) is 7.71. The number of aldehydes is 1. The van der Waals surface area contributed by atoms with E-state index in [2.05, 4.69) is 4.98 Å². The number of rotatable bonds is 4. The summed E-state index contributed by atoms with van der Waals surface area (Å²) in [6.45, 7) is 0.581. The van der Waals surface area contributed by atoms with Gasteiger partial charge in [0.2, 0.25) is 0 Å². The lowest BCUT2D eigenvalue weighted by Gasteiger charge is -2.09. The molecule has 0 aliphatic rings. The smallest absolute Gasteiger partial charge is 0.168 e.